The molecule has 0 unspecified atom stereocenters. The molecule has 1 saturated heterocycles. The molecule has 8 heteroatoms. The number of carbonyl (C=O) groups excluding carboxylic acids is 2. The van der Waals surface area contributed by atoms with Crippen LogP contribution in [0.5, 0.6) is 5.75 Å². The van der Waals surface area contributed by atoms with Crippen molar-refractivity contribution in [2.24, 2.45) is 0 Å². The van der Waals surface area contributed by atoms with E-state index in [1.165, 1.54) is 6.08 Å². The maximum absolute atomic E-state index is 12.9. The molecule has 0 spiro atoms. The minimum Gasteiger partial charge on any atom is -0.486 e. The summed E-state index contributed by atoms with van der Waals surface area (Å²) in [6.07, 6.45) is 1.54. The first-order chi connectivity index (χ1) is 17.4. The minimum atomic E-state index is -0.506. The number of imide groups is 1. The molecule has 1 fully saturated rings. The Labute approximate surface area is 222 Å². The maximum atomic E-state index is 12.9. The van der Waals surface area contributed by atoms with Gasteiger partial charge in [0.25, 0.3) is 5.91 Å². The molecule has 36 heavy (non-hydrogen) atoms. The van der Waals surface area contributed by atoms with Crippen LogP contribution in [0.2, 0.25) is 15.1 Å². The number of urea groups is 1. The van der Waals surface area contributed by atoms with Crippen molar-refractivity contribution in [1.82, 2.24) is 10.2 Å². The van der Waals surface area contributed by atoms with E-state index in [0.29, 0.717) is 26.4 Å². The zero-order valence-corrected chi connectivity index (χ0v) is 21.1. The third-order valence-corrected chi connectivity index (χ3v) is 6.61. The van der Waals surface area contributed by atoms with Gasteiger partial charge in [-0.05, 0) is 57.8 Å². The van der Waals surface area contributed by atoms with E-state index in [0.717, 1.165) is 26.8 Å². The summed E-state index contributed by atoms with van der Waals surface area (Å²) in [5, 5.41) is 5.98. The Morgan fingerprint density at radius 3 is 2.31 bits per heavy atom. The average molecular weight is 538 g/mol. The van der Waals surface area contributed by atoms with E-state index in [1.807, 2.05) is 42.5 Å². The highest BCUT2D eigenvalue weighted by atomic mass is 35.5. The van der Waals surface area contributed by atoms with E-state index >= 15 is 0 Å². The molecule has 3 amide bonds. The Morgan fingerprint density at radius 2 is 1.56 bits per heavy atom. The molecule has 1 aliphatic heterocycles. The lowest BCUT2D eigenvalue weighted by Gasteiger charge is -2.13. The molecule has 1 heterocycles. The summed E-state index contributed by atoms with van der Waals surface area (Å²) in [4.78, 5) is 26.4. The fraction of sp³-hybridized carbons (Fsp3) is 0.0714. The lowest BCUT2D eigenvalue weighted by atomic mass is 10.1. The molecule has 0 radical (unpaired) electrons. The Bertz CT molecular complexity index is 1490. The summed E-state index contributed by atoms with van der Waals surface area (Å²) >= 11 is 18.9. The minimum absolute atomic E-state index is 0.127. The molecule has 5 nitrogen and oxygen atoms in total. The smallest absolute Gasteiger partial charge is 0.329 e. The normalized spacial score (nSPS) is 14.5. The van der Waals surface area contributed by atoms with Crippen molar-refractivity contribution in [2.75, 3.05) is 0 Å². The fourth-order valence-electron chi connectivity index (χ4n) is 4.02. The van der Waals surface area contributed by atoms with Gasteiger partial charge in [0.15, 0.2) is 5.75 Å². The van der Waals surface area contributed by atoms with Crippen LogP contribution in [0, 0.1) is 0 Å². The van der Waals surface area contributed by atoms with E-state index in [1.54, 1.807) is 36.4 Å². The van der Waals surface area contributed by atoms with Crippen LogP contribution in [0.1, 0.15) is 16.7 Å². The molecule has 1 N–H and O–H groups in total. The lowest BCUT2D eigenvalue weighted by molar-refractivity contribution is -0.123. The van der Waals surface area contributed by atoms with Crippen molar-refractivity contribution in [1.29, 1.82) is 0 Å². The van der Waals surface area contributed by atoms with Crippen molar-refractivity contribution >= 4 is 63.6 Å². The first-order valence-electron chi connectivity index (χ1n) is 11.1. The topological polar surface area (TPSA) is 58.6 Å². The largest absolute Gasteiger partial charge is 0.486 e. The second kappa shape index (κ2) is 10.2. The number of fused-ring (bicyclic) bond motifs is 1. The molecule has 0 aliphatic carbocycles. The molecule has 5 rings (SSSR count). The van der Waals surface area contributed by atoms with Gasteiger partial charge in [-0.1, -0.05) is 89.4 Å². The lowest BCUT2D eigenvalue weighted by Crippen LogP contribution is -2.30. The molecule has 0 saturated carbocycles. The van der Waals surface area contributed by atoms with Crippen molar-refractivity contribution in [3.8, 4) is 5.75 Å². The first-order valence-corrected chi connectivity index (χ1v) is 12.2. The third-order valence-electron chi connectivity index (χ3n) is 5.80. The summed E-state index contributed by atoms with van der Waals surface area (Å²) in [5.74, 6) is -0.0990. The summed E-state index contributed by atoms with van der Waals surface area (Å²) in [7, 11) is 0. The van der Waals surface area contributed by atoms with Crippen LogP contribution in [-0.2, 0) is 17.9 Å². The van der Waals surface area contributed by atoms with Gasteiger partial charge in [0.05, 0.1) is 16.6 Å². The number of nitrogens with zero attached hydrogens (tertiary/aromatic N) is 1. The molecular formula is C28H19Cl3N2O3. The van der Waals surface area contributed by atoms with Gasteiger partial charge in [-0.3, -0.25) is 9.69 Å². The number of ether oxygens (including phenoxy) is 1. The van der Waals surface area contributed by atoms with E-state index in [4.69, 9.17) is 39.5 Å². The van der Waals surface area contributed by atoms with Crippen LogP contribution < -0.4 is 10.1 Å². The van der Waals surface area contributed by atoms with Crippen molar-refractivity contribution in [3.05, 3.63) is 116 Å². The molecule has 180 valence electrons. The van der Waals surface area contributed by atoms with Gasteiger partial charge in [0, 0.05) is 5.02 Å². The van der Waals surface area contributed by atoms with Crippen LogP contribution in [0.3, 0.4) is 0 Å². The zero-order valence-electron chi connectivity index (χ0n) is 18.8. The van der Waals surface area contributed by atoms with Crippen LogP contribution in [0.4, 0.5) is 4.79 Å². The summed E-state index contributed by atoms with van der Waals surface area (Å²) in [6.45, 7) is 0.414. The number of benzene rings is 4. The van der Waals surface area contributed by atoms with E-state index in [2.05, 4.69) is 5.32 Å². The van der Waals surface area contributed by atoms with Crippen LogP contribution >= 0.6 is 34.8 Å². The Hall–Kier alpha value is -3.51. The molecule has 0 bridgehead atoms. The molecule has 1 aliphatic rings. The SMILES string of the molecule is O=C1N/C(=C\c2cc(Cl)c(OCc3cccc4ccccc34)c(Cl)c2)C(=O)N1Cc1ccc(Cl)cc1. The highest BCUT2D eigenvalue weighted by Gasteiger charge is 2.33. The number of hydrogen-bond acceptors (Lipinski definition) is 3. The van der Waals surface area contributed by atoms with E-state index in [9.17, 15) is 9.59 Å². The van der Waals surface area contributed by atoms with Gasteiger partial charge in [-0.15, -0.1) is 0 Å². The second-order valence-corrected chi connectivity index (χ2v) is 9.50. The van der Waals surface area contributed by atoms with E-state index < -0.39 is 11.9 Å². The van der Waals surface area contributed by atoms with Crippen molar-refractivity contribution < 1.29 is 14.3 Å². The number of halogens is 3. The highest BCUT2D eigenvalue weighted by Crippen LogP contribution is 2.36. The molecule has 0 aromatic heterocycles. The number of carbonyl (C=O) groups is 2. The summed E-state index contributed by atoms with van der Waals surface area (Å²) in [5.41, 5.74) is 2.47. The highest BCUT2D eigenvalue weighted by molar-refractivity contribution is 6.37. The van der Waals surface area contributed by atoms with E-state index in [-0.39, 0.29) is 18.8 Å². The van der Waals surface area contributed by atoms with Gasteiger partial charge < -0.3 is 10.1 Å². The summed E-state index contributed by atoms with van der Waals surface area (Å²) < 4.78 is 5.98. The van der Waals surface area contributed by atoms with Gasteiger partial charge in [-0.2, -0.15) is 0 Å². The second-order valence-electron chi connectivity index (χ2n) is 8.25. The van der Waals surface area contributed by atoms with Crippen LogP contribution in [0.15, 0.2) is 84.6 Å². The maximum Gasteiger partial charge on any atom is 0.329 e. The number of rotatable bonds is 6. The predicted octanol–water partition coefficient (Wildman–Crippen LogP) is 7.47. The molecule has 0 atom stereocenters. The Morgan fingerprint density at radius 1 is 0.861 bits per heavy atom. The number of nitrogens with one attached hydrogen (secondary N) is 1. The van der Waals surface area contributed by atoms with Gasteiger partial charge in [0.1, 0.15) is 12.3 Å². The standard InChI is InChI=1S/C28H19Cl3N2O3/c29-21-10-8-17(9-11-21)15-33-27(34)25(32-28(33)35)14-18-12-23(30)26(24(31)13-18)36-16-20-6-3-5-19-4-1-2-7-22(19)20/h1-14H,15-16H2,(H,32,35)/b25-14-. The predicted molar refractivity (Wildman–Crippen MR) is 143 cm³/mol. The Kier molecular flexibility index (Phi) is 6.88. The molecular weight excluding hydrogens is 519 g/mol. The number of amides is 3. The van der Waals surface area contributed by atoms with Crippen molar-refractivity contribution in [3.63, 3.8) is 0 Å². The zero-order chi connectivity index (χ0) is 25.2. The average Bonchev–Trinajstić information content (AvgIpc) is 3.12. The van der Waals surface area contributed by atoms with Gasteiger partial charge in [0.2, 0.25) is 0 Å². The van der Waals surface area contributed by atoms with Gasteiger partial charge >= 0.3 is 6.03 Å². The third kappa shape index (κ3) is 5.05. The van der Waals surface area contributed by atoms with Crippen LogP contribution in [-0.4, -0.2) is 16.8 Å². The molecule has 4 aromatic carbocycles. The van der Waals surface area contributed by atoms with Crippen molar-refractivity contribution in [2.45, 2.75) is 13.2 Å². The monoisotopic (exact) mass is 536 g/mol. The Balaban J connectivity index is 1.33. The summed E-state index contributed by atoms with van der Waals surface area (Å²) in [6, 6.07) is 23.8. The first kappa shape index (κ1) is 24.2. The fourth-order valence-corrected chi connectivity index (χ4v) is 4.76. The van der Waals surface area contributed by atoms with Crippen LogP contribution in [0.25, 0.3) is 16.8 Å². The number of hydrogen-bond donors (Lipinski definition) is 1. The molecule has 4 aromatic rings. The van der Waals surface area contributed by atoms with Gasteiger partial charge in [-0.25, -0.2) is 4.79 Å². The quantitative estimate of drug-likeness (QED) is 0.205.